The van der Waals surface area contributed by atoms with Crippen LogP contribution in [0.2, 0.25) is 0 Å². The van der Waals surface area contributed by atoms with Crippen molar-refractivity contribution in [2.75, 3.05) is 0 Å². The Kier molecular flexibility index (Phi) is 4.26. The van der Waals surface area contributed by atoms with Crippen LogP contribution in [0.4, 0.5) is 0 Å². The Hall–Kier alpha value is -4.04. The molecule has 1 unspecified atom stereocenters. The lowest BCUT2D eigenvalue weighted by Crippen LogP contribution is -2.29. The van der Waals surface area contributed by atoms with Gasteiger partial charge in [-0.25, -0.2) is 9.97 Å². The van der Waals surface area contributed by atoms with Gasteiger partial charge in [-0.1, -0.05) is 115 Å². The van der Waals surface area contributed by atoms with Crippen LogP contribution in [0.5, 0.6) is 0 Å². The Balaban J connectivity index is 1.72. The summed E-state index contributed by atoms with van der Waals surface area (Å²) in [7, 11) is 0. The third-order valence-corrected chi connectivity index (χ3v) is 6.47. The second-order valence-electron chi connectivity index (χ2n) is 8.35. The van der Waals surface area contributed by atoms with E-state index in [9.17, 15) is 0 Å². The first kappa shape index (κ1) is 18.7. The third-order valence-electron chi connectivity index (χ3n) is 6.47. The highest BCUT2D eigenvalue weighted by Crippen LogP contribution is 2.55. The normalized spacial score (nSPS) is 16.4. The van der Waals surface area contributed by atoms with Crippen LogP contribution in [-0.2, 0) is 5.41 Å². The predicted octanol–water partition coefficient (Wildman–Crippen LogP) is 6.82. The van der Waals surface area contributed by atoms with Crippen molar-refractivity contribution in [2.45, 2.75) is 12.3 Å². The standard InChI is InChI=1S/C30H22N2/c1-21-11-10-16-24(19-21)30(23-14-6-3-7-15-23)26-18-9-8-17-25(26)28-27(30)20-31-29(32-28)22-12-4-2-5-13-22/h2-20H,1H3. The van der Waals surface area contributed by atoms with Gasteiger partial charge in [-0.15, -0.1) is 0 Å². The number of rotatable bonds is 3. The first-order valence-electron chi connectivity index (χ1n) is 10.9. The summed E-state index contributed by atoms with van der Waals surface area (Å²) in [4.78, 5) is 9.98. The molecule has 6 rings (SSSR count). The van der Waals surface area contributed by atoms with Gasteiger partial charge in [0.25, 0.3) is 0 Å². The van der Waals surface area contributed by atoms with Gasteiger partial charge in [0, 0.05) is 22.9 Å². The second kappa shape index (κ2) is 7.28. The van der Waals surface area contributed by atoms with E-state index in [2.05, 4.69) is 97.9 Å². The molecule has 152 valence electrons. The molecule has 0 amide bonds. The van der Waals surface area contributed by atoms with E-state index in [4.69, 9.17) is 9.97 Å². The number of aromatic nitrogens is 2. The smallest absolute Gasteiger partial charge is 0.159 e. The minimum Gasteiger partial charge on any atom is -0.236 e. The lowest BCUT2D eigenvalue weighted by atomic mass is 9.68. The first-order valence-corrected chi connectivity index (χ1v) is 10.9. The van der Waals surface area contributed by atoms with Crippen molar-refractivity contribution >= 4 is 0 Å². The molecule has 2 heteroatoms. The van der Waals surface area contributed by atoms with Gasteiger partial charge in [-0.05, 0) is 23.6 Å². The molecule has 0 radical (unpaired) electrons. The molecule has 1 heterocycles. The van der Waals surface area contributed by atoms with Crippen LogP contribution in [0.25, 0.3) is 22.6 Å². The Morgan fingerprint density at radius 1 is 0.625 bits per heavy atom. The average molecular weight is 411 g/mol. The maximum absolute atomic E-state index is 5.12. The average Bonchev–Trinajstić information content (AvgIpc) is 3.16. The van der Waals surface area contributed by atoms with Gasteiger partial charge >= 0.3 is 0 Å². The quantitative estimate of drug-likeness (QED) is 0.320. The second-order valence-corrected chi connectivity index (χ2v) is 8.35. The summed E-state index contributed by atoms with van der Waals surface area (Å²) in [5.41, 5.74) is 8.87. The number of nitrogens with zero attached hydrogens (tertiary/aromatic N) is 2. The van der Waals surface area contributed by atoms with Crippen molar-refractivity contribution in [3.63, 3.8) is 0 Å². The Labute approximate surface area is 188 Å². The zero-order chi connectivity index (χ0) is 21.5. The molecule has 1 aromatic heterocycles. The summed E-state index contributed by atoms with van der Waals surface area (Å²) in [6.45, 7) is 2.15. The fraction of sp³-hybridized carbons (Fsp3) is 0.0667. The summed E-state index contributed by atoms with van der Waals surface area (Å²) in [6, 6.07) is 38.4. The minimum atomic E-state index is -0.450. The van der Waals surface area contributed by atoms with Crippen LogP contribution >= 0.6 is 0 Å². The van der Waals surface area contributed by atoms with E-state index in [1.165, 1.54) is 27.8 Å². The van der Waals surface area contributed by atoms with Crippen LogP contribution in [-0.4, -0.2) is 9.97 Å². The molecule has 0 saturated carbocycles. The molecule has 0 fully saturated rings. The largest absolute Gasteiger partial charge is 0.236 e. The number of benzene rings is 4. The van der Waals surface area contributed by atoms with Crippen LogP contribution in [0.15, 0.2) is 115 Å². The molecule has 0 N–H and O–H groups in total. The fourth-order valence-electron chi connectivity index (χ4n) is 5.10. The molecule has 0 saturated heterocycles. The molecule has 5 aromatic rings. The monoisotopic (exact) mass is 410 g/mol. The van der Waals surface area contributed by atoms with Gasteiger partial charge in [0.2, 0.25) is 0 Å². The molecule has 0 bridgehead atoms. The minimum absolute atomic E-state index is 0.450. The van der Waals surface area contributed by atoms with Crippen LogP contribution < -0.4 is 0 Å². The summed E-state index contributed by atoms with van der Waals surface area (Å²) in [5, 5.41) is 0. The van der Waals surface area contributed by atoms with Crippen molar-refractivity contribution in [3.8, 4) is 22.6 Å². The molecule has 1 aliphatic carbocycles. The van der Waals surface area contributed by atoms with E-state index in [0.717, 1.165) is 22.6 Å². The van der Waals surface area contributed by atoms with Crippen molar-refractivity contribution in [3.05, 3.63) is 143 Å². The van der Waals surface area contributed by atoms with Crippen molar-refractivity contribution < 1.29 is 0 Å². The number of hydrogen-bond donors (Lipinski definition) is 0. The molecular weight excluding hydrogens is 388 g/mol. The zero-order valence-electron chi connectivity index (χ0n) is 17.9. The van der Waals surface area contributed by atoms with E-state index in [1.54, 1.807) is 0 Å². The Morgan fingerprint density at radius 2 is 1.31 bits per heavy atom. The molecule has 1 aliphatic rings. The van der Waals surface area contributed by atoms with Crippen molar-refractivity contribution in [1.29, 1.82) is 0 Å². The number of aryl methyl sites for hydroxylation is 1. The van der Waals surface area contributed by atoms with E-state index >= 15 is 0 Å². The van der Waals surface area contributed by atoms with Crippen LogP contribution in [0, 0.1) is 6.92 Å². The first-order chi connectivity index (χ1) is 15.8. The van der Waals surface area contributed by atoms with Gasteiger partial charge in [0.1, 0.15) is 0 Å². The summed E-state index contributed by atoms with van der Waals surface area (Å²) in [6.07, 6.45) is 2.04. The van der Waals surface area contributed by atoms with Gasteiger partial charge < -0.3 is 0 Å². The van der Waals surface area contributed by atoms with E-state index in [0.29, 0.717) is 0 Å². The van der Waals surface area contributed by atoms with Crippen molar-refractivity contribution in [1.82, 2.24) is 9.97 Å². The van der Waals surface area contributed by atoms with Gasteiger partial charge in [-0.2, -0.15) is 0 Å². The maximum Gasteiger partial charge on any atom is 0.159 e. The highest BCUT2D eigenvalue weighted by molar-refractivity contribution is 5.84. The Morgan fingerprint density at radius 3 is 2.09 bits per heavy atom. The van der Waals surface area contributed by atoms with E-state index < -0.39 is 5.41 Å². The number of hydrogen-bond acceptors (Lipinski definition) is 2. The highest BCUT2D eigenvalue weighted by atomic mass is 14.9. The van der Waals surface area contributed by atoms with Crippen LogP contribution in [0.3, 0.4) is 0 Å². The van der Waals surface area contributed by atoms with Gasteiger partial charge in [-0.3, -0.25) is 0 Å². The Bertz CT molecular complexity index is 1420. The summed E-state index contributed by atoms with van der Waals surface area (Å²) >= 11 is 0. The lowest BCUT2D eigenvalue weighted by molar-refractivity contribution is 0.760. The topological polar surface area (TPSA) is 25.8 Å². The highest BCUT2D eigenvalue weighted by Gasteiger charge is 2.47. The zero-order valence-corrected chi connectivity index (χ0v) is 17.9. The molecule has 0 aliphatic heterocycles. The van der Waals surface area contributed by atoms with Gasteiger partial charge in [0.05, 0.1) is 11.1 Å². The number of fused-ring (bicyclic) bond motifs is 3. The lowest BCUT2D eigenvalue weighted by Gasteiger charge is -2.33. The van der Waals surface area contributed by atoms with Gasteiger partial charge in [0.15, 0.2) is 5.82 Å². The molecule has 0 spiro atoms. The molecule has 4 aromatic carbocycles. The molecule has 32 heavy (non-hydrogen) atoms. The molecule has 1 atom stereocenters. The third kappa shape index (κ3) is 2.66. The van der Waals surface area contributed by atoms with Crippen LogP contribution in [0.1, 0.15) is 27.8 Å². The fourth-order valence-corrected chi connectivity index (χ4v) is 5.10. The van der Waals surface area contributed by atoms with Crippen molar-refractivity contribution in [2.24, 2.45) is 0 Å². The van der Waals surface area contributed by atoms with E-state index in [1.807, 2.05) is 24.4 Å². The van der Waals surface area contributed by atoms with E-state index in [-0.39, 0.29) is 0 Å². The molecule has 2 nitrogen and oxygen atoms in total. The maximum atomic E-state index is 5.12. The SMILES string of the molecule is Cc1cccc(C2(c3ccccc3)c3ccccc3-c3nc(-c4ccccc4)ncc32)c1. The summed E-state index contributed by atoms with van der Waals surface area (Å²) < 4.78 is 0. The molecular formula is C30H22N2. The predicted molar refractivity (Wildman–Crippen MR) is 130 cm³/mol. The summed E-state index contributed by atoms with van der Waals surface area (Å²) in [5.74, 6) is 0.757.